The molecule has 0 unspecified atom stereocenters. The number of benzene rings is 1. The molecule has 0 aliphatic rings. The third kappa shape index (κ3) is 4.35. The topological polar surface area (TPSA) is 65.1 Å². The maximum absolute atomic E-state index is 12.4. The molecule has 0 heterocycles. The van der Waals surface area contributed by atoms with Crippen LogP contribution in [0.4, 0.5) is 0 Å². The smallest absolute Gasteiger partial charge is 0.325 e. The molecule has 0 N–H and O–H groups in total. The minimum absolute atomic E-state index is 0.134. The number of methoxy groups -OCH3 is 2. The zero-order valence-electron chi connectivity index (χ0n) is 12.4. The van der Waals surface area contributed by atoms with Crippen molar-refractivity contribution in [3.8, 4) is 11.5 Å². The Morgan fingerprint density at radius 1 is 1.24 bits per heavy atom. The first kappa shape index (κ1) is 17.3. The van der Waals surface area contributed by atoms with Gasteiger partial charge in [-0.3, -0.25) is 9.59 Å². The van der Waals surface area contributed by atoms with Gasteiger partial charge in [0.2, 0.25) is 0 Å². The molecule has 1 aromatic rings. The van der Waals surface area contributed by atoms with Crippen molar-refractivity contribution in [2.24, 2.45) is 0 Å². The highest BCUT2D eigenvalue weighted by atomic mass is 79.9. The van der Waals surface area contributed by atoms with Gasteiger partial charge >= 0.3 is 5.97 Å². The third-order valence-corrected chi connectivity index (χ3v) is 3.29. The number of nitrogens with zero attached hydrogens (tertiary/aromatic N) is 1. The van der Waals surface area contributed by atoms with E-state index in [4.69, 9.17) is 14.2 Å². The van der Waals surface area contributed by atoms with Gasteiger partial charge in [0, 0.05) is 7.05 Å². The number of ether oxygens (including phenoxy) is 3. The molecule has 0 saturated heterocycles. The Bertz CT molecular complexity index is 532. The molecule has 1 amide bonds. The standard InChI is InChI=1S/C14H18BrNO5/c1-5-21-12(17)8-16(2)14(18)10-6-9(19-3)7-11(15)13(10)20-4/h6-7H,5,8H2,1-4H3. The van der Waals surface area contributed by atoms with Crippen molar-refractivity contribution in [2.45, 2.75) is 6.92 Å². The van der Waals surface area contributed by atoms with E-state index in [-0.39, 0.29) is 19.1 Å². The molecule has 0 atom stereocenters. The average Bonchev–Trinajstić information content (AvgIpc) is 2.45. The average molecular weight is 360 g/mol. The number of rotatable bonds is 6. The molecule has 0 bridgehead atoms. The minimum atomic E-state index is -0.464. The summed E-state index contributed by atoms with van der Waals surface area (Å²) in [5, 5.41) is 0. The number of halogens is 1. The highest BCUT2D eigenvalue weighted by Gasteiger charge is 2.22. The maximum Gasteiger partial charge on any atom is 0.325 e. The molecule has 0 fully saturated rings. The van der Waals surface area contributed by atoms with E-state index in [2.05, 4.69) is 15.9 Å². The molecule has 116 valence electrons. The molecule has 1 aromatic carbocycles. The van der Waals surface area contributed by atoms with Gasteiger partial charge in [0.25, 0.3) is 5.91 Å². The number of carbonyl (C=O) groups is 2. The summed E-state index contributed by atoms with van der Waals surface area (Å²) in [6.07, 6.45) is 0. The van der Waals surface area contributed by atoms with Gasteiger partial charge in [-0.1, -0.05) is 0 Å². The lowest BCUT2D eigenvalue weighted by atomic mass is 10.1. The van der Waals surface area contributed by atoms with Gasteiger partial charge in [0.15, 0.2) is 0 Å². The lowest BCUT2D eigenvalue weighted by Gasteiger charge is -2.19. The Labute approximate surface area is 132 Å². The van der Waals surface area contributed by atoms with Crippen molar-refractivity contribution < 1.29 is 23.8 Å². The zero-order chi connectivity index (χ0) is 16.0. The molecule has 0 radical (unpaired) electrons. The summed E-state index contributed by atoms with van der Waals surface area (Å²) in [6.45, 7) is 1.85. The number of carbonyl (C=O) groups excluding carboxylic acids is 2. The predicted octanol–water partition coefficient (Wildman–Crippen LogP) is 2.10. The SMILES string of the molecule is CCOC(=O)CN(C)C(=O)c1cc(OC)cc(Br)c1OC. The minimum Gasteiger partial charge on any atom is -0.497 e. The van der Waals surface area contributed by atoms with Crippen LogP contribution in [0.5, 0.6) is 11.5 Å². The predicted molar refractivity (Wildman–Crippen MR) is 80.8 cm³/mol. The van der Waals surface area contributed by atoms with E-state index in [1.807, 2.05) is 0 Å². The zero-order valence-corrected chi connectivity index (χ0v) is 14.0. The first-order chi connectivity index (χ1) is 9.94. The van der Waals surface area contributed by atoms with E-state index >= 15 is 0 Å². The van der Waals surface area contributed by atoms with E-state index < -0.39 is 5.97 Å². The lowest BCUT2D eigenvalue weighted by Crippen LogP contribution is -2.33. The van der Waals surface area contributed by atoms with Crippen LogP contribution in [0.3, 0.4) is 0 Å². The monoisotopic (exact) mass is 359 g/mol. The van der Waals surface area contributed by atoms with Crippen LogP contribution < -0.4 is 9.47 Å². The Kier molecular flexibility index (Phi) is 6.48. The number of esters is 1. The van der Waals surface area contributed by atoms with Crippen LogP contribution in [0.15, 0.2) is 16.6 Å². The normalized spacial score (nSPS) is 9.95. The fourth-order valence-electron chi connectivity index (χ4n) is 1.73. The largest absolute Gasteiger partial charge is 0.497 e. The van der Waals surface area contributed by atoms with Crippen molar-refractivity contribution in [3.05, 3.63) is 22.2 Å². The summed E-state index contributed by atoms with van der Waals surface area (Å²) in [5.74, 6) is 0.0702. The van der Waals surface area contributed by atoms with Crippen LogP contribution in [0.2, 0.25) is 0 Å². The quantitative estimate of drug-likeness (QED) is 0.727. The van der Waals surface area contributed by atoms with Gasteiger partial charge in [-0.15, -0.1) is 0 Å². The van der Waals surface area contributed by atoms with E-state index in [0.29, 0.717) is 21.5 Å². The van der Waals surface area contributed by atoms with Crippen LogP contribution in [-0.2, 0) is 9.53 Å². The molecular formula is C14H18BrNO5. The Hall–Kier alpha value is -1.76. The second-order valence-corrected chi connectivity index (χ2v) is 5.01. The van der Waals surface area contributed by atoms with Crippen LogP contribution in [0, 0.1) is 0 Å². The fourth-order valence-corrected chi connectivity index (χ4v) is 2.33. The molecule has 0 aromatic heterocycles. The highest BCUT2D eigenvalue weighted by molar-refractivity contribution is 9.10. The van der Waals surface area contributed by atoms with E-state index in [1.165, 1.54) is 26.2 Å². The van der Waals surface area contributed by atoms with E-state index in [1.54, 1.807) is 19.1 Å². The van der Waals surface area contributed by atoms with Gasteiger partial charge in [-0.25, -0.2) is 0 Å². The van der Waals surface area contributed by atoms with Crippen molar-refractivity contribution in [3.63, 3.8) is 0 Å². The molecule has 1 rings (SSSR count). The fraction of sp³-hybridized carbons (Fsp3) is 0.429. The molecule has 7 heteroatoms. The van der Waals surface area contributed by atoms with E-state index in [9.17, 15) is 9.59 Å². The second-order valence-electron chi connectivity index (χ2n) is 4.16. The summed E-state index contributed by atoms with van der Waals surface area (Å²) >= 11 is 3.32. The molecule has 0 aliphatic carbocycles. The van der Waals surface area contributed by atoms with Crippen molar-refractivity contribution >= 4 is 27.8 Å². The second kappa shape index (κ2) is 7.87. The van der Waals surface area contributed by atoms with Gasteiger partial charge in [0.1, 0.15) is 18.0 Å². The Balaban J connectivity index is 3.05. The highest BCUT2D eigenvalue weighted by Crippen LogP contribution is 2.34. The first-order valence-corrected chi connectivity index (χ1v) is 7.06. The van der Waals surface area contributed by atoms with Crippen LogP contribution in [0.25, 0.3) is 0 Å². The lowest BCUT2D eigenvalue weighted by molar-refractivity contribution is -0.143. The molecule has 0 saturated carbocycles. The number of hydrogen-bond acceptors (Lipinski definition) is 5. The maximum atomic E-state index is 12.4. The van der Waals surface area contributed by atoms with Gasteiger partial charge < -0.3 is 19.1 Å². The number of hydrogen-bond donors (Lipinski definition) is 0. The van der Waals surface area contributed by atoms with Crippen molar-refractivity contribution in [2.75, 3.05) is 34.4 Å². The van der Waals surface area contributed by atoms with E-state index in [0.717, 1.165) is 0 Å². The first-order valence-electron chi connectivity index (χ1n) is 6.27. The third-order valence-electron chi connectivity index (χ3n) is 2.71. The summed E-state index contributed by atoms with van der Waals surface area (Å²) in [5.41, 5.74) is 0.301. The molecular weight excluding hydrogens is 342 g/mol. The number of likely N-dealkylation sites (N-methyl/N-ethyl adjacent to an activating group) is 1. The summed E-state index contributed by atoms with van der Waals surface area (Å²) in [6, 6.07) is 3.26. The van der Waals surface area contributed by atoms with Gasteiger partial charge in [-0.05, 0) is 35.0 Å². The number of amides is 1. The van der Waals surface area contributed by atoms with Crippen LogP contribution in [-0.4, -0.2) is 51.2 Å². The molecule has 0 aliphatic heterocycles. The van der Waals surface area contributed by atoms with Crippen molar-refractivity contribution in [1.29, 1.82) is 0 Å². The molecule has 21 heavy (non-hydrogen) atoms. The summed E-state index contributed by atoms with van der Waals surface area (Å²) in [4.78, 5) is 25.2. The Morgan fingerprint density at radius 2 is 1.90 bits per heavy atom. The van der Waals surface area contributed by atoms with Crippen LogP contribution in [0.1, 0.15) is 17.3 Å². The Morgan fingerprint density at radius 3 is 2.43 bits per heavy atom. The summed E-state index contributed by atoms with van der Waals surface area (Å²) < 4.78 is 15.8. The van der Waals surface area contributed by atoms with Gasteiger partial charge in [-0.2, -0.15) is 0 Å². The van der Waals surface area contributed by atoms with Crippen LogP contribution >= 0.6 is 15.9 Å². The van der Waals surface area contributed by atoms with Gasteiger partial charge in [0.05, 0.1) is 30.9 Å². The molecule has 0 spiro atoms. The van der Waals surface area contributed by atoms with Crippen molar-refractivity contribution in [1.82, 2.24) is 4.90 Å². The summed E-state index contributed by atoms with van der Waals surface area (Å²) in [7, 11) is 4.49. The molecule has 6 nitrogen and oxygen atoms in total.